The summed E-state index contributed by atoms with van der Waals surface area (Å²) in [4.78, 5) is 0. The molecule has 0 aromatic rings. The van der Waals surface area contributed by atoms with Crippen molar-refractivity contribution >= 4 is 11.8 Å². The maximum Gasteiger partial charge on any atom is 0.0814 e. The Labute approximate surface area is 96.8 Å². The largest absolute Gasteiger partial charge is 0.388 e. The standard InChI is InChI=1S/C11H23NO2S/c1-10(2,14-3)4-5-11(13)6-7-15-8-9(11)12/h9,13H,4-8,12H2,1-3H3. The van der Waals surface area contributed by atoms with Gasteiger partial charge in [-0.15, -0.1) is 0 Å². The van der Waals surface area contributed by atoms with Crippen LogP contribution >= 0.6 is 11.8 Å². The van der Waals surface area contributed by atoms with E-state index in [2.05, 4.69) is 0 Å². The van der Waals surface area contributed by atoms with Crippen LogP contribution in [-0.2, 0) is 4.74 Å². The third-order valence-corrected chi connectivity index (χ3v) is 4.47. The van der Waals surface area contributed by atoms with Gasteiger partial charge in [0.2, 0.25) is 0 Å². The van der Waals surface area contributed by atoms with E-state index in [1.54, 1.807) is 7.11 Å². The van der Waals surface area contributed by atoms with Crippen LogP contribution in [0, 0.1) is 0 Å². The number of ether oxygens (including phenoxy) is 1. The highest BCUT2D eigenvalue weighted by Crippen LogP contribution is 2.32. The van der Waals surface area contributed by atoms with E-state index < -0.39 is 5.60 Å². The van der Waals surface area contributed by atoms with Crippen LogP contribution in [0.4, 0.5) is 0 Å². The first-order valence-corrected chi connectivity index (χ1v) is 6.66. The number of rotatable bonds is 4. The quantitative estimate of drug-likeness (QED) is 0.770. The normalized spacial score (nSPS) is 33.0. The van der Waals surface area contributed by atoms with E-state index in [1.165, 1.54) is 0 Å². The average molecular weight is 233 g/mol. The Morgan fingerprint density at radius 3 is 2.80 bits per heavy atom. The molecule has 1 aliphatic rings. The molecule has 0 bridgehead atoms. The predicted octanol–water partition coefficient (Wildman–Crippen LogP) is 1.39. The fourth-order valence-electron chi connectivity index (χ4n) is 1.73. The molecule has 0 aliphatic carbocycles. The monoisotopic (exact) mass is 233 g/mol. The minimum absolute atomic E-state index is 0.0936. The van der Waals surface area contributed by atoms with Crippen molar-refractivity contribution in [1.82, 2.24) is 0 Å². The van der Waals surface area contributed by atoms with Crippen LogP contribution in [0.1, 0.15) is 33.1 Å². The molecule has 1 aliphatic heterocycles. The second kappa shape index (κ2) is 5.04. The highest BCUT2D eigenvalue weighted by molar-refractivity contribution is 7.99. The third kappa shape index (κ3) is 3.63. The summed E-state index contributed by atoms with van der Waals surface area (Å²) in [7, 11) is 1.71. The second-order valence-corrected chi connectivity index (χ2v) is 6.15. The lowest BCUT2D eigenvalue weighted by Gasteiger charge is -2.39. The molecule has 0 spiro atoms. The minimum atomic E-state index is -0.680. The van der Waals surface area contributed by atoms with Crippen LogP contribution in [0.2, 0.25) is 0 Å². The number of hydrogen-bond donors (Lipinski definition) is 2. The summed E-state index contributed by atoms with van der Waals surface area (Å²) in [5.74, 6) is 1.88. The summed E-state index contributed by atoms with van der Waals surface area (Å²) in [6.45, 7) is 4.08. The molecule has 0 aromatic carbocycles. The number of nitrogens with two attached hydrogens (primary N) is 1. The summed E-state index contributed by atoms with van der Waals surface area (Å²) in [5.41, 5.74) is 5.13. The molecule has 0 amide bonds. The maximum atomic E-state index is 10.4. The molecule has 3 nitrogen and oxygen atoms in total. The molecule has 15 heavy (non-hydrogen) atoms. The van der Waals surface area contributed by atoms with Gasteiger partial charge in [-0.2, -0.15) is 11.8 Å². The van der Waals surface area contributed by atoms with Gasteiger partial charge in [0.1, 0.15) is 0 Å². The summed E-state index contributed by atoms with van der Waals surface area (Å²) in [6.07, 6.45) is 2.38. The minimum Gasteiger partial charge on any atom is -0.388 e. The van der Waals surface area contributed by atoms with Crippen LogP contribution in [0.15, 0.2) is 0 Å². The lowest BCUT2D eigenvalue weighted by atomic mass is 9.84. The molecule has 1 rings (SSSR count). The van der Waals surface area contributed by atoms with Gasteiger partial charge >= 0.3 is 0 Å². The van der Waals surface area contributed by atoms with Crippen LogP contribution in [0.5, 0.6) is 0 Å². The topological polar surface area (TPSA) is 55.5 Å². The Morgan fingerprint density at radius 2 is 2.27 bits per heavy atom. The number of aliphatic hydroxyl groups is 1. The fourth-order valence-corrected chi connectivity index (χ4v) is 2.96. The zero-order valence-corrected chi connectivity index (χ0v) is 10.8. The molecule has 1 fully saturated rings. The first-order valence-electron chi connectivity index (χ1n) is 5.50. The van der Waals surface area contributed by atoms with Gasteiger partial charge in [-0.05, 0) is 38.9 Å². The summed E-state index contributed by atoms with van der Waals surface area (Å²) in [6, 6.07) is -0.0936. The number of hydrogen-bond acceptors (Lipinski definition) is 4. The first-order chi connectivity index (χ1) is 6.90. The van der Waals surface area contributed by atoms with Crippen molar-refractivity contribution in [1.29, 1.82) is 0 Å². The van der Waals surface area contributed by atoms with Gasteiger partial charge < -0.3 is 15.6 Å². The van der Waals surface area contributed by atoms with Crippen molar-refractivity contribution in [3.8, 4) is 0 Å². The highest BCUT2D eigenvalue weighted by Gasteiger charge is 2.37. The van der Waals surface area contributed by atoms with Gasteiger partial charge in [0, 0.05) is 18.9 Å². The first kappa shape index (κ1) is 13.3. The second-order valence-electron chi connectivity index (χ2n) is 5.00. The van der Waals surface area contributed by atoms with Crippen molar-refractivity contribution in [3.05, 3.63) is 0 Å². The lowest BCUT2D eigenvalue weighted by molar-refractivity contribution is -0.0370. The molecule has 1 saturated heterocycles. The van der Waals surface area contributed by atoms with E-state index in [-0.39, 0.29) is 11.6 Å². The maximum absolute atomic E-state index is 10.4. The van der Waals surface area contributed by atoms with Gasteiger partial charge in [0.05, 0.1) is 11.2 Å². The molecular weight excluding hydrogens is 210 g/mol. The Balaban J connectivity index is 2.48. The van der Waals surface area contributed by atoms with E-state index in [0.29, 0.717) is 0 Å². The van der Waals surface area contributed by atoms with E-state index in [0.717, 1.165) is 30.8 Å². The molecule has 3 N–H and O–H groups in total. The van der Waals surface area contributed by atoms with Gasteiger partial charge in [-0.25, -0.2) is 0 Å². The van der Waals surface area contributed by atoms with E-state index in [9.17, 15) is 5.11 Å². The summed E-state index contributed by atoms with van der Waals surface area (Å²) >= 11 is 1.83. The van der Waals surface area contributed by atoms with Crippen molar-refractivity contribution < 1.29 is 9.84 Å². The Morgan fingerprint density at radius 1 is 1.60 bits per heavy atom. The van der Waals surface area contributed by atoms with Gasteiger partial charge in [-0.3, -0.25) is 0 Å². The fraction of sp³-hybridized carbons (Fsp3) is 1.00. The Kier molecular flexibility index (Phi) is 4.47. The molecule has 2 atom stereocenters. The van der Waals surface area contributed by atoms with Gasteiger partial charge in [-0.1, -0.05) is 0 Å². The Hall–Kier alpha value is 0.230. The number of methoxy groups -OCH3 is 1. The van der Waals surface area contributed by atoms with Gasteiger partial charge in [0.15, 0.2) is 0 Å². The van der Waals surface area contributed by atoms with Crippen molar-refractivity contribution in [2.24, 2.45) is 5.73 Å². The van der Waals surface area contributed by atoms with E-state index in [1.807, 2.05) is 25.6 Å². The highest BCUT2D eigenvalue weighted by atomic mass is 32.2. The number of thioether (sulfide) groups is 1. The molecule has 0 saturated carbocycles. The molecule has 90 valence electrons. The molecule has 1 heterocycles. The van der Waals surface area contributed by atoms with Crippen molar-refractivity contribution in [3.63, 3.8) is 0 Å². The van der Waals surface area contributed by atoms with Crippen LogP contribution in [-0.4, -0.2) is 41.0 Å². The zero-order chi connectivity index (χ0) is 11.5. The third-order valence-electron chi connectivity index (χ3n) is 3.38. The SMILES string of the molecule is COC(C)(C)CCC1(O)CCSCC1N. The van der Waals surface area contributed by atoms with E-state index in [4.69, 9.17) is 10.5 Å². The van der Waals surface area contributed by atoms with Crippen LogP contribution in [0.3, 0.4) is 0 Å². The Bertz CT molecular complexity index is 211. The van der Waals surface area contributed by atoms with Gasteiger partial charge in [0.25, 0.3) is 0 Å². The predicted molar refractivity (Wildman–Crippen MR) is 65.2 cm³/mol. The van der Waals surface area contributed by atoms with Crippen LogP contribution < -0.4 is 5.73 Å². The molecule has 0 radical (unpaired) electrons. The summed E-state index contributed by atoms with van der Waals surface area (Å²) in [5, 5.41) is 10.4. The van der Waals surface area contributed by atoms with E-state index >= 15 is 0 Å². The molecule has 4 heteroatoms. The molecule has 0 aromatic heterocycles. The van der Waals surface area contributed by atoms with Crippen molar-refractivity contribution in [2.75, 3.05) is 18.6 Å². The smallest absolute Gasteiger partial charge is 0.0814 e. The average Bonchev–Trinajstić information content (AvgIpc) is 2.20. The molecular formula is C11H23NO2S. The zero-order valence-electron chi connectivity index (χ0n) is 9.95. The summed E-state index contributed by atoms with van der Waals surface area (Å²) < 4.78 is 5.35. The van der Waals surface area contributed by atoms with Crippen molar-refractivity contribution in [2.45, 2.75) is 50.4 Å². The molecule has 2 unspecified atom stereocenters. The van der Waals surface area contributed by atoms with Crippen LogP contribution in [0.25, 0.3) is 0 Å². The lowest BCUT2D eigenvalue weighted by Crippen LogP contribution is -2.53.